The summed E-state index contributed by atoms with van der Waals surface area (Å²) < 4.78 is 14.8. The zero-order valence-electron chi connectivity index (χ0n) is 10.2. The van der Waals surface area contributed by atoms with Crippen molar-refractivity contribution in [3.8, 4) is 0 Å². The van der Waals surface area contributed by atoms with Gasteiger partial charge in [-0.1, -0.05) is 6.07 Å². The van der Waals surface area contributed by atoms with Crippen molar-refractivity contribution in [2.45, 2.75) is 13.5 Å². The third kappa shape index (κ3) is 2.85. The minimum absolute atomic E-state index is 0.175. The molecule has 0 aliphatic heterocycles. The predicted octanol–water partition coefficient (Wildman–Crippen LogP) is 2.25. The summed E-state index contributed by atoms with van der Waals surface area (Å²) in [5, 5.41) is 10.5. The second-order valence-corrected chi connectivity index (χ2v) is 4.21. The van der Waals surface area contributed by atoms with Gasteiger partial charge in [-0.05, 0) is 30.2 Å². The van der Waals surface area contributed by atoms with Gasteiger partial charge in [-0.25, -0.2) is 0 Å². The molecule has 0 aliphatic rings. The van der Waals surface area contributed by atoms with Crippen LogP contribution in [0.5, 0.6) is 0 Å². The van der Waals surface area contributed by atoms with E-state index in [0.717, 1.165) is 17.7 Å². The maximum absolute atomic E-state index is 13.4. The molecule has 0 saturated carbocycles. The van der Waals surface area contributed by atoms with Crippen LogP contribution in [0.15, 0.2) is 41.3 Å². The largest absolute Gasteiger partial charge is 0.311 e. The molecule has 2 aromatic rings. The first-order valence-electron chi connectivity index (χ1n) is 5.57. The Hall–Kier alpha value is -2.50. The zero-order chi connectivity index (χ0) is 14.0. The van der Waals surface area contributed by atoms with Crippen molar-refractivity contribution in [3.63, 3.8) is 0 Å². The van der Waals surface area contributed by atoms with Crippen molar-refractivity contribution in [2.24, 2.45) is 0 Å². The van der Waals surface area contributed by atoms with Crippen molar-refractivity contribution in [1.29, 1.82) is 0 Å². The Morgan fingerprint density at radius 1 is 1.32 bits per heavy atom. The lowest BCUT2D eigenvalue weighted by molar-refractivity contribution is -0.387. The number of nitro groups is 1. The molecule has 5 nitrogen and oxygen atoms in total. The van der Waals surface area contributed by atoms with E-state index in [4.69, 9.17) is 0 Å². The van der Waals surface area contributed by atoms with Crippen molar-refractivity contribution in [1.82, 2.24) is 4.57 Å². The Kier molecular flexibility index (Phi) is 3.41. The Morgan fingerprint density at radius 3 is 2.63 bits per heavy atom. The topological polar surface area (TPSA) is 65.1 Å². The quantitative estimate of drug-likeness (QED) is 0.629. The third-order valence-electron chi connectivity index (χ3n) is 2.71. The second-order valence-electron chi connectivity index (χ2n) is 4.21. The average Bonchev–Trinajstić information content (AvgIpc) is 2.32. The van der Waals surface area contributed by atoms with Crippen LogP contribution in [0.4, 0.5) is 10.1 Å². The number of benzene rings is 1. The van der Waals surface area contributed by atoms with Crippen LogP contribution >= 0.6 is 0 Å². The highest BCUT2D eigenvalue weighted by molar-refractivity contribution is 5.35. The molecule has 6 heteroatoms. The summed E-state index contributed by atoms with van der Waals surface area (Å²) in [7, 11) is 0. The Labute approximate surface area is 108 Å². The smallest absolute Gasteiger partial charge is 0.304 e. The van der Waals surface area contributed by atoms with Gasteiger partial charge in [0.1, 0.15) is 0 Å². The molecule has 98 valence electrons. The van der Waals surface area contributed by atoms with Crippen LogP contribution in [0.2, 0.25) is 0 Å². The molecule has 0 aliphatic carbocycles. The molecule has 0 N–H and O–H groups in total. The van der Waals surface area contributed by atoms with Gasteiger partial charge in [0.05, 0.1) is 11.5 Å². The third-order valence-corrected chi connectivity index (χ3v) is 2.71. The van der Waals surface area contributed by atoms with E-state index in [1.807, 2.05) is 0 Å². The maximum atomic E-state index is 13.4. The van der Waals surface area contributed by atoms with Crippen molar-refractivity contribution >= 4 is 5.69 Å². The van der Waals surface area contributed by atoms with Gasteiger partial charge in [0.25, 0.3) is 5.56 Å². The van der Waals surface area contributed by atoms with Crippen LogP contribution in [-0.2, 0) is 6.54 Å². The normalized spacial score (nSPS) is 10.4. The zero-order valence-corrected chi connectivity index (χ0v) is 10.2. The lowest BCUT2D eigenvalue weighted by Gasteiger charge is -2.06. The van der Waals surface area contributed by atoms with Gasteiger partial charge in [0.2, 0.25) is 5.82 Å². The molecular weight excluding hydrogens is 251 g/mol. The summed E-state index contributed by atoms with van der Waals surface area (Å²) >= 11 is 0. The summed E-state index contributed by atoms with van der Waals surface area (Å²) in [6.07, 6.45) is 1.61. The molecule has 1 heterocycles. The summed E-state index contributed by atoms with van der Waals surface area (Å²) in [5.74, 6) is -0.900. The minimum Gasteiger partial charge on any atom is -0.311 e. The number of pyridine rings is 1. The molecule has 0 atom stereocenters. The monoisotopic (exact) mass is 262 g/mol. The highest BCUT2D eigenvalue weighted by Gasteiger charge is 2.13. The number of aryl methyl sites for hydroxylation is 1. The number of hydrogen-bond donors (Lipinski definition) is 0. The number of nitro benzene ring substituents is 1. The average molecular weight is 262 g/mol. The minimum atomic E-state index is -0.900. The standard InChI is InChI=1S/C13H11FN2O3/c1-9-4-5-15(13(17)6-9)8-10-2-3-12(16(18)19)11(14)7-10/h2-7H,8H2,1H3. The number of aromatic nitrogens is 1. The van der Waals surface area contributed by atoms with E-state index >= 15 is 0 Å². The first-order valence-corrected chi connectivity index (χ1v) is 5.57. The van der Waals surface area contributed by atoms with Gasteiger partial charge in [-0.15, -0.1) is 0 Å². The van der Waals surface area contributed by atoms with Crippen molar-refractivity contribution in [2.75, 3.05) is 0 Å². The second kappa shape index (κ2) is 5.01. The van der Waals surface area contributed by atoms with E-state index < -0.39 is 16.4 Å². The van der Waals surface area contributed by atoms with Crippen LogP contribution in [-0.4, -0.2) is 9.49 Å². The van der Waals surface area contributed by atoms with Gasteiger partial charge in [-0.2, -0.15) is 4.39 Å². The highest BCUT2D eigenvalue weighted by atomic mass is 19.1. The molecule has 19 heavy (non-hydrogen) atoms. The number of nitrogens with zero attached hydrogens (tertiary/aromatic N) is 2. The summed E-state index contributed by atoms with van der Waals surface area (Å²) in [4.78, 5) is 21.4. The molecule has 0 fully saturated rings. The van der Waals surface area contributed by atoms with Crippen LogP contribution < -0.4 is 5.56 Å². The fraction of sp³-hybridized carbons (Fsp3) is 0.154. The van der Waals surface area contributed by atoms with Crippen LogP contribution in [0.25, 0.3) is 0 Å². The van der Waals surface area contributed by atoms with E-state index in [1.54, 1.807) is 19.2 Å². The van der Waals surface area contributed by atoms with E-state index in [1.165, 1.54) is 16.7 Å². The predicted molar refractivity (Wildman–Crippen MR) is 67.6 cm³/mol. The fourth-order valence-electron chi connectivity index (χ4n) is 1.73. The van der Waals surface area contributed by atoms with Gasteiger partial charge < -0.3 is 4.57 Å². The first kappa shape index (κ1) is 12.9. The molecule has 0 saturated heterocycles. The molecule has 2 rings (SSSR count). The number of rotatable bonds is 3. The van der Waals surface area contributed by atoms with Crippen LogP contribution in [0.3, 0.4) is 0 Å². The van der Waals surface area contributed by atoms with Gasteiger partial charge in [0.15, 0.2) is 0 Å². The summed E-state index contributed by atoms with van der Waals surface area (Å²) in [6.45, 7) is 1.98. The lowest BCUT2D eigenvalue weighted by Crippen LogP contribution is -2.19. The van der Waals surface area contributed by atoms with Gasteiger partial charge in [0, 0.05) is 18.3 Å². The first-order chi connectivity index (χ1) is 8.97. The molecule has 0 spiro atoms. The Bertz CT molecular complexity index is 695. The molecule has 0 unspecified atom stereocenters. The van der Waals surface area contributed by atoms with E-state index in [0.29, 0.717) is 5.56 Å². The summed E-state index contributed by atoms with van der Waals surface area (Å²) in [6, 6.07) is 6.85. The number of halogens is 1. The number of hydrogen-bond acceptors (Lipinski definition) is 3. The molecule has 0 bridgehead atoms. The molecule has 0 radical (unpaired) electrons. The van der Waals surface area contributed by atoms with E-state index in [9.17, 15) is 19.3 Å². The Morgan fingerprint density at radius 2 is 2.05 bits per heavy atom. The van der Waals surface area contributed by atoms with E-state index in [2.05, 4.69) is 0 Å². The van der Waals surface area contributed by atoms with Crippen molar-refractivity contribution < 1.29 is 9.31 Å². The molecule has 1 aromatic carbocycles. The highest BCUT2D eigenvalue weighted by Crippen LogP contribution is 2.18. The molecule has 0 amide bonds. The van der Waals surface area contributed by atoms with Crippen molar-refractivity contribution in [3.05, 3.63) is 73.9 Å². The van der Waals surface area contributed by atoms with Gasteiger partial charge >= 0.3 is 5.69 Å². The lowest BCUT2D eigenvalue weighted by atomic mass is 10.2. The fourth-order valence-corrected chi connectivity index (χ4v) is 1.73. The maximum Gasteiger partial charge on any atom is 0.304 e. The van der Waals surface area contributed by atoms with Crippen LogP contribution in [0, 0.1) is 22.9 Å². The molecular formula is C13H11FN2O3. The van der Waals surface area contributed by atoms with Crippen LogP contribution in [0.1, 0.15) is 11.1 Å². The van der Waals surface area contributed by atoms with Gasteiger partial charge in [-0.3, -0.25) is 14.9 Å². The summed E-state index contributed by atoms with van der Waals surface area (Å²) in [5.41, 5.74) is 0.573. The van der Waals surface area contributed by atoms with E-state index in [-0.39, 0.29) is 12.1 Å². The molecule has 1 aromatic heterocycles. The SMILES string of the molecule is Cc1ccn(Cc2ccc([N+](=O)[O-])c(F)c2)c(=O)c1. The Balaban J connectivity index is 2.31.